The van der Waals surface area contributed by atoms with E-state index < -0.39 is 32.3 Å². The van der Waals surface area contributed by atoms with Gasteiger partial charge < -0.3 is 15.2 Å². The van der Waals surface area contributed by atoms with Crippen LogP contribution < -0.4 is 19.9 Å². The van der Waals surface area contributed by atoms with E-state index >= 15 is 0 Å². The molecule has 0 radical (unpaired) electrons. The SMILES string of the molecule is Nc1ccc(S(=O)(=O)NCc2ccc3c(c2)OCO3)cc1C(F)(F)F. The highest BCUT2D eigenvalue weighted by Crippen LogP contribution is 2.35. The summed E-state index contributed by atoms with van der Waals surface area (Å²) in [5, 5.41) is 0. The van der Waals surface area contributed by atoms with Gasteiger partial charge in [-0.05, 0) is 35.9 Å². The summed E-state index contributed by atoms with van der Waals surface area (Å²) in [6.07, 6.45) is -4.74. The summed E-state index contributed by atoms with van der Waals surface area (Å²) < 4.78 is 75.7. The maximum absolute atomic E-state index is 12.9. The lowest BCUT2D eigenvalue weighted by molar-refractivity contribution is -0.137. The molecule has 0 saturated carbocycles. The second-order valence-electron chi connectivity index (χ2n) is 5.26. The Kier molecular flexibility index (Phi) is 4.25. The molecule has 134 valence electrons. The number of nitrogens with two attached hydrogens (primary N) is 1. The number of nitrogens with one attached hydrogen (secondary N) is 1. The molecule has 10 heteroatoms. The first-order valence-electron chi connectivity index (χ1n) is 7.02. The average Bonchev–Trinajstić information content (AvgIpc) is 2.99. The highest BCUT2D eigenvalue weighted by atomic mass is 32.2. The van der Waals surface area contributed by atoms with Gasteiger partial charge in [0.25, 0.3) is 0 Å². The number of ether oxygens (including phenoxy) is 2. The smallest absolute Gasteiger partial charge is 0.418 e. The average molecular weight is 374 g/mol. The van der Waals surface area contributed by atoms with Crippen LogP contribution in [0.25, 0.3) is 0 Å². The molecule has 0 unspecified atom stereocenters. The number of nitrogen functional groups attached to an aromatic ring is 1. The van der Waals surface area contributed by atoms with Crippen LogP contribution >= 0.6 is 0 Å². The molecule has 6 nitrogen and oxygen atoms in total. The van der Waals surface area contributed by atoms with Crippen molar-refractivity contribution in [2.45, 2.75) is 17.6 Å². The second kappa shape index (κ2) is 6.12. The Balaban J connectivity index is 1.80. The summed E-state index contributed by atoms with van der Waals surface area (Å²) in [5.41, 5.74) is 4.11. The number of halogens is 3. The van der Waals surface area contributed by atoms with Crippen LogP contribution in [0.2, 0.25) is 0 Å². The van der Waals surface area contributed by atoms with Crippen molar-refractivity contribution < 1.29 is 31.1 Å². The molecule has 2 aromatic carbocycles. The third-order valence-electron chi connectivity index (χ3n) is 3.54. The highest BCUT2D eigenvalue weighted by molar-refractivity contribution is 7.89. The molecule has 25 heavy (non-hydrogen) atoms. The summed E-state index contributed by atoms with van der Waals surface area (Å²) in [6.45, 7) is -0.0408. The zero-order chi connectivity index (χ0) is 18.2. The van der Waals surface area contributed by atoms with Crippen molar-refractivity contribution >= 4 is 15.7 Å². The van der Waals surface area contributed by atoms with Gasteiger partial charge in [-0.1, -0.05) is 6.07 Å². The minimum absolute atomic E-state index is 0.0795. The minimum atomic E-state index is -4.74. The van der Waals surface area contributed by atoms with Gasteiger partial charge in [-0.3, -0.25) is 0 Å². The molecule has 3 rings (SSSR count). The fourth-order valence-corrected chi connectivity index (χ4v) is 3.30. The first-order chi connectivity index (χ1) is 11.7. The Bertz CT molecular complexity index is 913. The van der Waals surface area contributed by atoms with Crippen LogP contribution in [0.5, 0.6) is 11.5 Å². The maximum atomic E-state index is 12.9. The molecule has 3 N–H and O–H groups in total. The Hall–Kier alpha value is -2.46. The highest BCUT2D eigenvalue weighted by Gasteiger charge is 2.34. The Labute approximate surface area is 141 Å². The summed E-state index contributed by atoms with van der Waals surface area (Å²) >= 11 is 0. The van der Waals surface area contributed by atoms with E-state index in [4.69, 9.17) is 15.2 Å². The van der Waals surface area contributed by atoms with Crippen LogP contribution in [0.4, 0.5) is 18.9 Å². The van der Waals surface area contributed by atoms with Crippen LogP contribution in [0, 0.1) is 0 Å². The molecule has 0 aliphatic carbocycles. The maximum Gasteiger partial charge on any atom is 0.418 e. The number of anilines is 1. The molecule has 1 aliphatic rings. The third kappa shape index (κ3) is 3.64. The van der Waals surface area contributed by atoms with Crippen molar-refractivity contribution in [3.8, 4) is 11.5 Å². The lowest BCUT2D eigenvalue weighted by Crippen LogP contribution is -2.24. The fraction of sp³-hybridized carbons (Fsp3) is 0.200. The first kappa shape index (κ1) is 17.4. The molecule has 0 fully saturated rings. The van der Waals surface area contributed by atoms with Gasteiger partial charge in [0.1, 0.15) is 0 Å². The van der Waals surface area contributed by atoms with Crippen LogP contribution in [-0.2, 0) is 22.7 Å². The van der Waals surface area contributed by atoms with E-state index in [2.05, 4.69) is 4.72 Å². The standard InChI is InChI=1S/C15H13F3N2O4S/c16-15(17,18)11-6-10(2-3-12(11)19)25(21,22)20-7-9-1-4-13-14(5-9)24-8-23-13/h1-6,20H,7-8,19H2. The topological polar surface area (TPSA) is 90.7 Å². The van der Waals surface area contributed by atoms with Crippen molar-refractivity contribution in [3.05, 3.63) is 47.5 Å². The Morgan fingerprint density at radius 1 is 1.08 bits per heavy atom. The molecule has 0 spiro atoms. The zero-order valence-electron chi connectivity index (χ0n) is 12.6. The van der Waals surface area contributed by atoms with Crippen LogP contribution in [0.1, 0.15) is 11.1 Å². The predicted molar refractivity (Wildman–Crippen MR) is 82.4 cm³/mol. The fourth-order valence-electron chi connectivity index (χ4n) is 2.26. The zero-order valence-corrected chi connectivity index (χ0v) is 13.4. The van der Waals surface area contributed by atoms with Gasteiger partial charge >= 0.3 is 6.18 Å². The van der Waals surface area contributed by atoms with Gasteiger partial charge in [0.2, 0.25) is 16.8 Å². The molecular weight excluding hydrogens is 361 g/mol. The quantitative estimate of drug-likeness (QED) is 0.803. The van der Waals surface area contributed by atoms with Crippen LogP contribution in [-0.4, -0.2) is 15.2 Å². The van der Waals surface area contributed by atoms with Gasteiger partial charge in [0, 0.05) is 12.2 Å². The largest absolute Gasteiger partial charge is 0.454 e. The molecule has 1 heterocycles. The Morgan fingerprint density at radius 3 is 2.52 bits per heavy atom. The second-order valence-corrected chi connectivity index (χ2v) is 7.03. The van der Waals surface area contributed by atoms with Crippen molar-refractivity contribution in [1.82, 2.24) is 4.72 Å². The van der Waals surface area contributed by atoms with Crippen molar-refractivity contribution in [2.24, 2.45) is 0 Å². The molecule has 1 aliphatic heterocycles. The number of hydrogen-bond donors (Lipinski definition) is 2. The van der Waals surface area contributed by atoms with E-state index in [0.717, 1.165) is 12.1 Å². The minimum Gasteiger partial charge on any atom is -0.454 e. The van der Waals surface area contributed by atoms with E-state index in [9.17, 15) is 21.6 Å². The third-order valence-corrected chi connectivity index (χ3v) is 4.94. The van der Waals surface area contributed by atoms with Gasteiger partial charge in [-0.15, -0.1) is 0 Å². The number of sulfonamides is 1. The molecule has 0 atom stereocenters. The number of hydrogen-bond acceptors (Lipinski definition) is 5. The van der Waals surface area contributed by atoms with Gasteiger partial charge in [-0.25, -0.2) is 13.1 Å². The number of alkyl halides is 3. The van der Waals surface area contributed by atoms with Crippen LogP contribution in [0.3, 0.4) is 0 Å². The Morgan fingerprint density at radius 2 is 1.80 bits per heavy atom. The van der Waals surface area contributed by atoms with Crippen molar-refractivity contribution in [1.29, 1.82) is 0 Å². The molecule has 0 saturated heterocycles. The van der Waals surface area contributed by atoms with Crippen molar-refractivity contribution in [3.63, 3.8) is 0 Å². The number of rotatable bonds is 4. The monoisotopic (exact) mass is 374 g/mol. The normalized spacial score (nSPS) is 13.9. The molecule has 2 aromatic rings. The van der Waals surface area contributed by atoms with E-state index in [0.29, 0.717) is 23.1 Å². The molecule has 0 amide bonds. The summed E-state index contributed by atoms with van der Waals surface area (Å²) in [7, 11) is -4.15. The van der Waals surface area contributed by atoms with E-state index in [1.165, 1.54) is 0 Å². The molecule has 0 bridgehead atoms. The first-order valence-corrected chi connectivity index (χ1v) is 8.50. The lowest BCUT2D eigenvalue weighted by Gasteiger charge is -2.13. The molecule has 0 aromatic heterocycles. The number of benzene rings is 2. The summed E-state index contributed by atoms with van der Waals surface area (Å²) in [5.74, 6) is 1.02. The molecular formula is C15H13F3N2O4S. The summed E-state index contributed by atoms with van der Waals surface area (Å²) in [6, 6.07) is 7.29. The summed E-state index contributed by atoms with van der Waals surface area (Å²) in [4.78, 5) is -0.519. The van der Waals surface area contributed by atoms with Gasteiger partial charge in [0.15, 0.2) is 11.5 Å². The van der Waals surface area contributed by atoms with Crippen molar-refractivity contribution in [2.75, 3.05) is 12.5 Å². The van der Waals surface area contributed by atoms with Crippen LogP contribution in [0.15, 0.2) is 41.3 Å². The van der Waals surface area contributed by atoms with Gasteiger partial charge in [-0.2, -0.15) is 13.2 Å². The predicted octanol–water partition coefficient (Wildman–Crippen LogP) is 2.49. The van der Waals surface area contributed by atoms with Gasteiger partial charge in [0.05, 0.1) is 10.5 Å². The lowest BCUT2D eigenvalue weighted by atomic mass is 10.2. The number of fused-ring (bicyclic) bond motifs is 1. The van der Waals surface area contributed by atoms with E-state index in [1.807, 2.05) is 0 Å². The van der Waals surface area contributed by atoms with E-state index in [-0.39, 0.29) is 13.3 Å². The van der Waals surface area contributed by atoms with E-state index in [1.54, 1.807) is 18.2 Å².